The van der Waals surface area contributed by atoms with E-state index in [1.165, 1.54) is 6.08 Å². The van der Waals surface area contributed by atoms with Gasteiger partial charge in [0.2, 0.25) is 5.91 Å². The Morgan fingerprint density at radius 3 is 2.29 bits per heavy atom. The van der Waals surface area contributed by atoms with Crippen LogP contribution in [0.25, 0.3) is 6.08 Å². The van der Waals surface area contributed by atoms with E-state index in [1.54, 1.807) is 48.7 Å². The lowest BCUT2D eigenvalue weighted by Crippen LogP contribution is -2.48. The molecule has 0 radical (unpaired) electrons. The van der Waals surface area contributed by atoms with E-state index in [4.69, 9.17) is 16.0 Å². The van der Waals surface area contributed by atoms with Crippen LogP contribution in [0.5, 0.6) is 0 Å². The summed E-state index contributed by atoms with van der Waals surface area (Å²) in [6.07, 6.45) is 4.61. The molecule has 6 nitrogen and oxygen atoms in total. The van der Waals surface area contributed by atoms with Crippen LogP contribution in [0.2, 0.25) is 5.02 Å². The number of piperazine rings is 1. The second-order valence-corrected chi connectivity index (χ2v) is 7.61. The van der Waals surface area contributed by atoms with Crippen LogP contribution >= 0.6 is 11.6 Å². The summed E-state index contributed by atoms with van der Waals surface area (Å²) in [6.45, 7) is 2.79. The third-order valence-corrected chi connectivity index (χ3v) is 5.35. The van der Waals surface area contributed by atoms with Gasteiger partial charge in [0.05, 0.1) is 6.26 Å². The molecule has 3 aromatic rings. The van der Waals surface area contributed by atoms with Crippen LogP contribution in [-0.2, 0) is 4.79 Å². The molecule has 158 valence electrons. The van der Waals surface area contributed by atoms with Crippen molar-refractivity contribution in [1.82, 2.24) is 4.90 Å². The first kappa shape index (κ1) is 20.8. The lowest BCUT2D eigenvalue weighted by Gasteiger charge is -2.36. The minimum absolute atomic E-state index is 0.0250. The van der Waals surface area contributed by atoms with E-state index in [1.807, 2.05) is 29.2 Å². The quantitative estimate of drug-likeness (QED) is 0.597. The highest BCUT2D eigenvalue weighted by Gasteiger charge is 2.22. The highest BCUT2D eigenvalue weighted by molar-refractivity contribution is 6.30. The molecule has 31 heavy (non-hydrogen) atoms. The van der Waals surface area contributed by atoms with Gasteiger partial charge >= 0.3 is 0 Å². The number of hydrogen-bond acceptors (Lipinski definition) is 4. The van der Waals surface area contributed by atoms with Crippen molar-refractivity contribution in [1.29, 1.82) is 0 Å². The average molecular weight is 436 g/mol. The zero-order valence-corrected chi connectivity index (χ0v) is 17.6. The molecule has 0 bridgehead atoms. The molecule has 1 aromatic heterocycles. The van der Waals surface area contributed by atoms with Gasteiger partial charge < -0.3 is 19.5 Å². The number of halogens is 1. The first-order chi connectivity index (χ1) is 15.1. The number of rotatable bonds is 5. The summed E-state index contributed by atoms with van der Waals surface area (Å²) >= 11 is 5.90. The van der Waals surface area contributed by atoms with E-state index >= 15 is 0 Å². The van der Waals surface area contributed by atoms with Gasteiger partial charge in [-0.25, -0.2) is 0 Å². The van der Waals surface area contributed by atoms with Crippen molar-refractivity contribution in [2.24, 2.45) is 0 Å². The topological polar surface area (TPSA) is 65.8 Å². The van der Waals surface area contributed by atoms with Crippen LogP contribution < -0.4 is 10.2 Å². The van der Waals surface area contributed by atoms with Gasteiger partial charge in [-0.1, -0.05) is 11.6 Å². The number of carbonyl (C=O) groups excluding carboxylic acids is 2. The summed E-state index contributed by atoms with van der Waals surface area (Å²) in [5.74, 6) is 0.426. The van der Waals surface area contributed by atoms with Crippen molar-refractivity contribution in [2.75, 3.05) is 36.4 Å². The van der Waals surface area contributed by atoms with Gasteiger partial charge in [-0.3, -0.25) is 9.59 Å². The van der Waals surface area contributed by atoms with Gasteiger partial charge in [-0.2, -0.15) is 0 Å². The molecule has 1 saturated heterocycles. The van der Waals surface area contributed by atoms with Gasteiger partial charge in [0.1, 0.15) is 5.76 Å². The Morgan fingerprint density at radius 1 is 0.935 bits per heavy atom. The predicted octanol–water partition coefficient (Wildman–Crippen LogP) is 4.55. The summed E-state index contributed by atoms with van der Waals surface area (Å²) in [5.41, 5.74) is 2.43. The molecular weight excluding hydrogens is 414 g/mol. The highest BCUT2D eigenvalue weighted by Crippen LogP contribution is 2.21. The monoisotopic (exact) mass is 435 g/mol. The summed E-state index contributed by atoms with van der Waals surface area (Å²) in [6, 6.07) is 18.2. The summed E-state index contributed by atoms with van der Waals surface area (Å²) in [5, 5.41) is 3.45. The van der Waals surface area contributed by atoms with Gasteiger partial charge in [0.25, 0.3) is 5.91 Å². The molecule has 4 rings (SSSR count). The van der Waals surface area contributed by atoms with Crippen LogP contribution in [0.3, 0.4) is 0 Å². The minimum atomic E-state index is -0.224. The Kier molecular flexibility index (Phi) is 6.38. The molecule has 0 saturated carbocycles. The smallest absolute Gasteiger partial charge is 0.253 e. The number of nitrogens with zero attached hydrogens (tertiary/aromatic N) is 2. The fourth-order valence-corrected chi connectivity index (χ4v) is 3.55. The number of carbonyl (C=O) groups is 2. The van der Waals surface area contributed by atoms with E-state index in [-0.39, 0.29) is 11.8 Å². The van der Waals surface area contributed by atoms with E-state index in [9.17, 15) is 9.59 Å². The molecule has 0 atom stereocenters. The van der Waals surface area contributed by atoms with Crippen LogP contribution in [0.4, 0.5) is 11.4 Å². The van der Waals surface area contributed by atoms with Gasteiger partial charge in [-0.05, 0) is 66.7 Å². The fourth-order valence-electron chi connectivity index (χ4n) is 3.43. The van der Waals surface area contributed by atoms with E-state index in [0.29, 0.717) is 29.4 Å². The first-order valence-corrected chi connectivity index (χ1v) is 10.4. The molecule has 1 N–H and O–H groups in total. The lowest BCUT2D eigenvalue weighted by molar-refractivity contribution is -0.111. The largest absolute Gasteiger partial charge is 0.465 e. The molecule has 7 heteroatoms. The Hall–Kier alpha value is -3.51. The SMILES string of the molecule is O=C(/C=C/c1ccco1)Nc1ccc(N2CCN(C(=O)c3ccc(Cl)cc3)CC2)cc1. The number of benzene rings is 2. The van der Waals surface area contributed by atoms with Crippen molar-refractivity contribution in [2.45, 2.75) is 0 Å². The third kappa shape index (κ3) is 5.35. The molecule has 1 aliphatic heterocycles. The number of nitrogens with one attached hydrogen (secondary N) is 1. The maximum atomic E-state index is 12.6. The first-order valence-electron chi connectivity index (χ1n) is 10.0. The Balaban J connectivity index is 1.29. The molecule has 2 amide bonds. The number of amides is 2. The molecule has 2 aromatic carbocycles. The second-order valence-electron chi connectivity index (χ2n) is 7.17. The molecule has 1 aliphatic rings. The van der Waals surface area contributed by atoms with Crippen LogP contribution in [0, 0.1) is 0 Å². The van der Waals surface area contributed by atoms with Crippen molar-refractivity contribution >= 4 is 40.9 Å². The molecule has 2 heterocycles. The predicted molar refractivity (Wildman–Crippen MR) is 122 cm³/mol. The molecule has 0 aliphatic carbocycles. The summed E-state index contributed by atoms with van der Waals surface area (Å²) in [4.78, 5) is 28.8. The van der Waals surface area contributed by atoms with Gasteiger partial charge in [0, 0.05) is 54.2 Å². The maximum Gasteiger partial charge on any atom is 0.253 e. The van der Waals surface area contributed by atoms with Crippen molar-refractivity contribution < 1.29 is 14.0 Å². The number of furan rings is 1. The number of anilines is 2. The highest BCUT2D eigenvalue weighted by atomic mass is 35.5. The van der Waals surface area contributed by atoms with E-state index in [2.05, 4.69) is 10.2 Å². The van der Waals surface area contributed by atoms with Crippen LogP contribution in [-0.4, -0.2) is 42.9 Å². The summed E-state index contributed by atoms with van der Waals surface area (Å²) in [7, 11) is 0. The Bertz CT molecular complexity index is 1050. The third-order valence-electron chi connectivity index (χ3n) is 5.10. The minimum Gasteiger partial charge on any atom is -0.465 e. The zero-order chi connectivity index (χ0) is 21.6. The summed E-state index contributed by atoms with van der Waals surface area (Å²) < 4.78 is 5.17. The Morgan fingerprint density at radius 2 is 1.65 bits per heavy atom. The van der Waals surface area contributed by atoms with Crippen molar-refractivity contribution in [3.8, 4) is 0 Å². The Labute approximate surface area is 185 Å². The zero-order valence-electron chi connectivity index (χ0n) is 16.8. The lowest BCUT2D eigenvalue weighted by atomic mass is 10.1. The van der Waals surface area contributed by atoms with Gasteiger partial charge in [0.15, 0.2) is 0 Å². The molecular formula is C24H22ClN3O3. The van der Waals surface area contributed by atoms with E-state index < -0.39 is 0 Å². The number of hydrogen-bond donors (Lipinski definition) is 1. The van der Waals surface area contributed by atoms with E-state index in [0.717, 1.165) is 24.5 Å². The van der Waals surface area contributed by atoms with Gasteiger partial charge in [-0.15, -0.1) is 0 Å². The average Bonchev–Trinajstić information content (AvgIpc) is 3.32. The van der Waals surface area contributed by atoms with Crippen molar-refractivity contribution in [3.05, 3.63) is 89.3 Å². The van der Waals surface area contributed by atoms with Crippen LogP contribution in [0.15, 0.2) is 77.4 Å². The normalized spacial score (nSPS) is 14.1. The molecule has 0 spiro atoms. The standard InChI is InChI=1S/C24H22ClN3O3/c25-19-5-3-18(4-6-19)24(30)28-15-13-27(14-16-28)21-9-7-20(8-10-21)26-23(29)12-11-22-2-1-17-31-22/h1-12,17H,13-16H2,(H,26,29)/b12-11+. The molecule has 1 fully saturated rings. The van der Waals surface area contributed by atoms with Crippen LogP contribution in [0.1, 0.15) is 16.1 Å². The molecule has 0 unspecified atom stereocenters. The maximum absolute atomic E-state index is 12.6. The second kappa shape index (κ2) is 9.53. The van der Waals surface area contributed by atoms with Crippen molar-refractivity contribution in [3.63, 3.8) is 0 Å². The fraction of sp³-hybridized carbons (Fsp3) is 0.167.